The summed E-state index contributed by atoms with van der Waals surface area (Å²) in [5.74, 6) is -3.38. The summed E-state index contributed by atoms with van der Waals surface area (Å²) in [4.78, 5) is 38.8. The average molecular weight is 537 g/mol. The minimum atomic E-state index is -1.34. The molecule has 0 fully saturated rings. The van der Waals surface area contributed by atoms with Crippen molar-refractivity contribution in [2.75, 3.05) is 44.6 Å². The molecule has 0 bridgehead atoms. The van der Waals surface area contributed by atoms with E-state index in [1.165, 1.54) is 6.20 Å². The van der Waals surface area contributed by atoms with Gasteiger partial charge in [-0.1, -0.05) is 0 Å². The molecule has 10 nitrogen and oxygen atoms in total. The molecule has 202 valence electrons. The van der Waals surface area contributed by atoms with E-state index in [0.29, 0.717) is 64.4 Å². The fraction of sp³-hybridized carbons (Fsp3) is 0.259. The molecule has 0 spiro atoms. The van der Waals surface area contributed by atoms with Crippen molar-refractivity contribution < 1.29 is 23.4 Å². The van der Waals surface area contributed by atoms with Gasteiger partial charge in [-0.25, -0.2) is 23.5 Å². The highest BCUT2D eigenvalue weighted by Gasteiger charge is 2.25. The van der Waals surface area contributed by atoms with Gasteiger partial charge in [-0.2, -0.15) is 0 Å². The molecule has 4 aromatic heterocycles. The standard InChI is InChI=1S/C27H26F2N6O4/c1-5-35-12-16(27(37)38)24(36)14-8-13(10-32-26(14)35)15-11-31-25-20(23(15)34(3)6-7-39-4)19-21(29)17(28)9-18(30-2)22(19)33-25/h8-12,30H,5-7H2,1-4H3,(H,31,33)(H,37,38). The van der Waals surface area contributed by atoms with Gasteiger partial charge >= 0.3 is 5.97 Å². The Morgan fingerprint density at radius 2 is 2.00 bits per heavy atom. The predicted molar refractivity (Wildman–Crippen MR) is 146 cm³/mol. The third kappa shape index (κ3) is 4.13. The van der Waals surface area contributed by atoms with Crippen molar-refractivity contribution in [1.82, 2.24) is 19.5 Å². The Morgan fingerprint density at radius 1 is 1.23 bits per heavy atom. The molecule has 0 aliphatic rings. The summed E-state index contributed by atoms with van der Waals surface area (Å²) in [6.45, 7) is 2.96. The first kappa shape index (κ1) is 26.0. The maximum atomic E-state index is 15.4. The third-order valence-corrected chi connectivity index (χ3v) is 6.84. The summed E-state index contributed by atoms with van der Waals surface area (Å²) in [5, 5.41) is 13.0. The van der Waals surface area contributed by atoms with Crippen LogP contribution in [0.2, 0.25) is 0 Å². The number of fused-ring (bicyclic) bond motifs is 4. The number of carboxylic acid groups (broad SMARTS) is 1. The highest BCUT2D eigenvalue weighted by molar-refractivity contribution is 6.18. The number of nitrogens with zero attached hydrogens (tertiary/aromatic N) is 4. The van der Waals surface area contributed by atoms with Crippen molar-refractivity contribution in [3.63, 3.8) is 0 Å². The summed E-state index contributed by atoms with van der Waals surface area (Å²) in [5.41, 5.74) is 1.81. The van der Waals surface area contributed by atoms with Gasteiger partial charge < -0.3 is 29.6 Å². The van der Waals surface area contributed by atoms with Gasteiger partial charge in [0.25, 0.3) is 0 Å². The molecule has 0 aliphatic heterocycles. The first-order valence-electron chi connectivity index (χ1n) is 12.2. The number of aryl methyl sites for hydroxylation is 1. The molecule has 4 heterocycles. The smallest absolute Gasteiger partial charge is 0.341 e. The number of rotatable bonds is 8. The lowest BCUT2D eigenvalue weighted by Gasteiger charge is -2.23. The van der Waals surface area contributed by atoms with E-state index in [0.717, 1.165) is 6.07 Å². The van der Waals surface area contributed by atoms with Crippen molar-refractivity contribution in [2.45, 2.75) is 13.5 Å². The van der Waals surface area contributed by atoms with Crippen molar-refractivity contribution in [1.29, 1.82) is 0 Å². The van der Waals surface area contributed by atoms with Gasteiger partial charge in [-0.3, -0.25) is 4.79 Å². The predicted octanol–water partition coefficient (Wildman–Crippen LogP) is 4.21. The first-order valence-corrected chi connectivity index (χ1v) is 12.2. The normalized spacial score (nSPS) is 11.5. The van der Waals surface area contributed by atoms with Gasteiger partial charge in [0.1, 0.15) is 16.9 Å². The van der Waals surface area contributed by atoms with Crippen molar-refractivity contribution >= 4 is 50.3 Å². The molecule has 12 heteroatoms. The van der Waals surface area contributed by atoms with Crippen LogP contribution < -0.4 is 15.6 Å². The summed E-state index contributed by atoms with van der Waals surface area (Å²) in [7, 11) is 4.95. The fourth-order valence-electron chi connectivity index (χ4n) is 4.90. The summed E-state index contributed by atoms with van der Waals surface area (Å²) in [6.07, 6.45) is 4.39. The molecular weight excluding hydrogens is 510 g/mol. The molecule has 1 aromatic carbocycles. The Labute approximate surface area is 220 Å². The van der Waals surface area contributed by atoms with Crippen LogP contribution in [-0.2, 0) is 11.3 Å². The number of likely N-dealkylation sites (N-methyl/N-ethyl adjacent to an activating group) is 1. The van der Waals surface area contributed by atoms with Gasteiger partial charge in [0.05, 0.1) is 39.7 Å². The summed E-state index contributed by atoms with van der Waals surface area (Å²) < 4.78 is 36.9. The molecular formula is C27H26F2N6O4. The Balaban J connectivity index is 1.89. The number of aromatic amines is 1. The first-order chi connectivity index (χ1) is 18.7. The van der Waals surface area contributed by atoms with E-state index < -0.39 is 23.0 Å². The lowest BCUT2D eigenvalue weighted by molar-refractivity contribution is 0.0695. The van der Waals surface area contributed by atoms with Crippen LogP contribution >= 0.6 is 0 Å². The molecule has 39 heavy (non-hydrogen) atoms. The number of H-pyrrole nitrogens is 1. The van der Waals surface area contributed by atoms with Crippen LogP contribution in [0.3, 0.4) is 0 Å². The minimum Gasteiger partial charge on any atom is -0.477 e. The largest absolute Gasteiger partial charge is 0.477 e. The van der Waals surface area contributed by atoms with Crippen LogP contribution in [0.4, 0.5) is 20.2 Å². The van der Waals surface area contributed by atoms with Crippen molar-refractivity contribution in [2.24, 2.45) is 0 Å². The number of halogens is 2. The minimum absolute atomic E-state index is 0.0261. The Hall–Kier alpha value is -4.58. The molecule has 0 aliphatic carbocycles. The van der Waals surface area contributed by atoms with Crippen LogP contribution in [0.5, 0.6) is 0 Å². The van der Waals surface area contributed by atoms with Crippen LogP contribution in [0.1, 0.15) is 17.3 Å². The van der Waals surface area contributed by atoms with E-state index in [2.05, 4.69) is 20.3 Å². The van der Waals surface area contributed by atoms with Gasteiger partial charge in [0, 0.05) is 70.1 Å². The number of hydrogen-bond acceptors (Lipinski definition) is 7. The van der Waals surface area contributed by atoms with Crippen LogP contribution in [0, 0.1) is 11.6 Å². The molecule has 0 saturated heterocycles. The Bertz CT molecular complexity index is 1830. The molecule has 5 aromatic rings. The number of carboxylic acids is 1. The van der Waals surface area contributed by atoms with E-state index in [-0.39, 0.29) is 16.3 Å². The number of nitrogens with one attached hydrogen (secondary N) is 2. The summed E-state index contributed by atoms with van der Waals surface area (Å²) in [6, 6.07) is 2.64. The topological polar surface area (TPSA) is 125 Å². The zero-order chi connectivity index (χ0) is 28.0. The number of ether oxygens (including phenoxy) is 1. The lowest BCUT2D eigenvalue weighted by Crippen LogP contribution is -2.23. The molecule has 0 saturated carbocycles. The number of benzene rings is 1. The van der Waals surface area contributed by atoms with Crippen LogP contribution in [-0.4, -0.2) is 65.0 Å². The van der Waals surface area contributed by atoms with Crippen LogP contribution in [0.25, 0.3) is 44.1 Å². The molecule has 0 radical (unpaired) electrons. The summed E-state index contributed by atoms with van der Waals surface area (Å²) >= 11 is 0. The number of hydrogen-bond donors (Lipinski definition) is 3. The van der Waals surface area contributed by atoms with Crippen LogP contribution in [0.15, 0.2) is 35.5 Å². The maximum Gasteiger partial charge on any atom is 0.341 e. The highest BCUT2D eigenvalue weighted by Crippen LogP contribution is 2.42. The fourth-order valence-corrected chi connectivity index (χ4v) is 4.90. The maximum absolute atomic E-state index is 15.4. The molecule has 0 amide bonds. The van der Waals surface area contributed by atoms with Crippen molar-refractivity contribution in [3.8, 4) is 11.1 Å². The Kier molecular flexibility index (Phi) is 6.64. The Morgan fingerprint density at radius 3 is 2.67 bits per heavy atom. The zero-order valence-corrected chi connectivity index (χ0v) is 21.7. The van der Waals surface area contributed by atoms with E-state index in [4.69, 9.17) is 4.74 Å². The monoisotopic (exact) mass is 536 g/mol. The van der Waals surface area contributed by atoms with E-state index in [1.807, 2.05) is 11.8 Å². The number of methoxy groups -OCH3 is 1. The van der Waals surface area contributed by atoms with E-state index in [9.17, 15) is 19.1 Å². The second-order valence-corrected chi connectivity index (χ2v) is 9.06. The quantitative estimate of drug-likeness (QED) is 0.269. The van der Waals surface area contributed by atoms with E-state index in [1.54, 1.807) is 44.2 Å². The second kappa shape index (κ2) is 9.95. The van der Waals surface area contributed by atoms with Gasteiger partial charge in [-0.15, -0.1) is 0 Å². The molecule has 3 N–H and O–H groups in total. The number of aromatic carboxylic acids is 1. The number of pyridine rings is 3. The second-order valence-electron chi connectivity index (χ2n) is 9.06. The van der Waals surface area contributed by atoms with Gasteiger partial charge in [0.15, 0.2) is 11.6 Å². The van der Waals surface area contributed by atoms with Gasteiger partial charge in [-0.05, 0) is 13.0 Å². The van der Waals surface area contributed by atoms with Crippen molar-refractivity contribution in [3.05, 3.63) is 58.1 Å². The number of anilines is 2. The average Bonchev–Trinajstić information content (AvgIpc) is 3.33. The molecule has 5 rings (SSSR count). The van der Waals surface area contributed by atoms with E-state index >= 15 is 4.39 Å². The highest BCUT2D eigenvalue weighted by atomic mass is 19.2. The number of aromatic nitrogens is 4. The molecule has 0 atom stereocenters. The van der Waals surface area contributed by atoms with Gasteiger partial charge in [0.2, 0.25) is 5.43 Å². The lowest BCUT2D eigenvalue weighted by atomic mass is 10.0. The number of carbonyl (C=O) groups is 1. The zero-order valence-electron chi connectivity index (χ0n) is 21.7. The SMILES string of the molecule is CCn1cc(C(=O)O)c(=O)c2cc(-c3cnc4[nH]c5c(NC)cc(F)c(F)c5c4c3N(C)CCOC)cnc21. The third-order valence-electron chi connectivity index (χ3n) is 6.84. The molecule has 0 unspecified atom stereocenters.